The molecule has 0 radical (unpaired) electrons. The molecule has 0 saturated carbocycles. The molecule has 3 aromatic carbocycles. The molecule has 0 aliphatic carbocycles. The van der Waals surface area contributed by atoms with Gasteiger partial charge in [-0.25, -0.2) is 0 Å². The van der Waals surface area contributed by atoms with Crippen molar-refractivity contribution in [3.63, 3.8) is 0 Å². The van der Waals surface area contributed by atoms with Crippen LogP contribution in [-0.2, 0) is 9.59 Å². The minimum atomic E-state index is -0.773. The van der Waals surface area contributed by atoms with Gasteiger partial charge in [0.1, 0.15) is 17.3 Å². The molecule has 1 heterocycles. The van der Waals surface area contributed by atoms with Crippen LogP contribution in [0.5, 0.6) is 11.5 Å². The summed E-state index contributed by atoms with van der Waals surface area (Å²) in [7, 11) is 0. The van der Waals surface area contributed by atoms with Crippen LogP contribution in [0.4, 0.5) is 5.69 Å². The monoisotopic (exact) mass is 471 g/mol. The summed E-state index contributed by atoms with van der Waals surface area (Å²) in [5, 5.41) is 11.3. The van der Waals surface area contributed by atoms with E-state index in [-0.39, 0.29) is 11.3 Å². The minimum absolute atomic E-state index is 0.0525. The molecule has 0 bridgehead atoms. The first-order valence-electron chi connectivity index (χ1n) is 11.8. The normalized spacial score (nSPS) is 17.0. The second-order valence-electron chi connectivity index (χ2n) is 8.34. The minimum Gasteiger partial charge on any atom is -0.507 e. The van der Waals surface area contributed by atoms with Crippen LogP contribution in [0, 0.1) is 6.92 Å². The third-order valence-corrected chi connectivity index (χ3v) is 5.90. The number of ketones is 1. The van der Waals surface area contributed by atoms with Crippen molar-refractivity contribution in [1.29, 1.82) is 0 Å². The Bertz CT molecular complexity index is 1250. The molecule has 1 saturated heterocycles. The summed E-state index contributed by atoms with van der Waals surface area (Å²) in [5.41, 5.74) is 2.61. The SMILES string of the molecule is CCCOc1ccc(/C(O)=C2/C(=O)C(=O)N(c3ccc(OCC)cc3)C2c2ccccc2)cc1C. The number of aliphatic hydroxyl groups excluding tert-OH is 1. The summed E-state index contributed by atoms with van der Waals surface area (Å²) in [4.78, 5) is 28.0. The first-order valence-corrected chi connectivity index (χ1v) is 11.8. The van der Waals surface area contributed by atoms with Crippen LogP contribution in [0.15, 0.2) is 78.4 Å². The number of carbonyl (C=O) groups excluding carboxylic acids is 2. The molecule has 1 amide bonds. The van der Waals surface area contributed by atoms with Gasteiger partial charge in [-0.15, -0.1) is 0 Å². The van der Waals surface area contributed by atoms with Gasteiger partial charge < -0.3 is 14.6 Å². The van der Waals surface area contributed by atoms with Crippen molar-refractivity contribution < 1.29 is 24.2 Å². The number of ether oxygens (including phenoxy) is 2. The maximum Gasteiger partial charge on any atom is 0.300 e. The zero-order valence-corrected chi connectivity index (χ0v) is 20.2. The van der Waals surface area contributed by atoms with E-state index in [1.54, 1.807) is 42.5 Å². The van der Waals surface area contributed by atoms with E-state index < -0.39 is 17.7 Å². The topological polar surface area (TPSA) is 76.1 Å². The fraction of sp³-hybridized carbons (Fsp3) is 0.241. The maximum atomic E-state index is 13.3. The summed E-state index contributed by atoms with van der Waals surface area (Å²) < 4.78 is 11.3. The second-order valence-corrected chi connectivity index (χ2v) is 8.34. The first-order chi connectivity index (χ1) is 17.0. The van der Waals surface area contributed by atoms with Gasteiger partial charge in [0.15, 0.2) is 0 Å². The molecule has 180 valence electrons. The number of amides is 1. The third kappa shape index (κ3) is 4.78. The predicted octanol–water partition coefficient (Wildman–Crippen LogP) is 5.81. The van der Waals surface area contributed by atoms with Gasteiger partial charge in [-0.1, -0.05) is 37.3 Å². The van der Waals surface area contributed by atoms with Crippen LogP contribution in [-0.4, -0.2) is 30.0 Å². The highest BCUT2D eigenvalue weighted by molar-refractivity contribution is 6.51. The van der Waals surface area contributed by atoms with Crippen LogP contribution in [0.1, 0.15) is 43.0 Å². The molecule has 6 nitrogen and oxygen atoms in total. The highest BCUT2D eigenvalue weighted by Crippen LogP contribution is 2.42. The zero-order chi connectivity index (χ0) is 24.9. The summed E-state index contributed by atoms with van der Waals surface area (Å²) in [6, 6.07) is 20.7. The second kappa shape index (κ2) is 10.5. The number of benzene rings is 3. The number of Topliss-reactive ketones (excluding diaryl/α,β-unsaturated/α-hetero) is 1. The Morgan fingerprint density at radius 2 is 1.66 bits per heavy atom. The number of rotatable bonds is 8. The summed E-state index contributed by atoms with van der Waals surface area (Å²) >= 11 is 0. The Labute approximate surface area is 205 Å². The van der Waals surface area contributed by atoms with E-state index in [1.165, 1.54) is 4.90 Å². The number of hydrogen-bond acceptors (Lipinski definition) is 5. The van der Waals surface area contributed by atoms with Crippen molar-refractivity contribution in [1.82, 2.24) is 0 Å². The average Bonchev–Trinajstić information content (AvgIpc) is 3.14. The van der Waals surface area contributed by atoms with Gasteiger partial charge in [0.05, 0.1) is 24.8 Å². The summed E-state index contributed by atoms with van der Waals surface area (Å²) in [5.74, 6) is -0.239. The molecule has 0 spiro atoms. The summed E-state index contributed by atoms with van der Waals surface area (Å²) in [6.07, 6.45) is 0.882. The van der Waals surface area contributed by atoms with E-state index in [2.05, 4.69) is 0 Å². The molecule has 3 aromatic rings. The molecule has 6 heteroatoms. The van der Waals surface area contributed by atoms with Gasteiger partial charge in [0, 0.05) is 11.3 Å². The standard InChI is InChI=1S/C29H29NO5/c1-4-17-35-24-16-11-21(18-19(24)3)27(31)25-26(20-9-7-6-8-10-20)30(29(33)28(25)32)22-12-14-23(15-13-22)34-5-2/h6-16,18,26,31H,4-5,17H2,1-3H3/b27-25-. The Kier molecular flexibility index (Phi) is 7.20. The van der Waals surface area contributed by atoms with E-state index in [9.17, 15) is 14.7 Å². The Hall–Kier alpha value is -4.06. The third-order valence-electron chi connectivity index (χ3n) is 5.90. The van der Waals surface area contributed by atoms with Crippen LogP contribution >= 0.6 is 0 Å². The Morgan fingerprint density at radius 1 is 0.943 bits per heavy atom. The van der Waals surface area contributed by atoms with E-state index in [1.807, 2.05) is 51.1 Å². The molecule has 1 unspecified atom stereocenters. The molecule has 1 fully saturated rings. The zero-order valence-electron chi connectivity index (χ0n) is 20.2. The lowest BCUT2D eigenvalue weighted by Gasteiger charge is -2.25. The van der Waals surface area contributed by atoms with E-state index in [0.717, 1.165) is 23.3 Å². The quantitative estimate of drug-likeness (QED) is 0.255. The van der Waals surface area contributed by atoms with Gasteiger partial charge in [-0.3, -0.25) is 14.5 Å². The van der Waals surface area contributed by atoms with Crippen molar-refractivity contribution in [3.05, 3.63) is 95.1 Å². The smallest absolute Gasteiger partial charge is 0.300 e. The van der Waals surface area contributed by atoms with E-state index >= 15 is 0 Å². The highest BCUT2D eigenvalue weighted by atomic mass is 16.5. The molecule has 4 rings (SSSR count). The van der Waals surface area contributed by atoms with Gasteiger partial charge in [0.2, 0.25) is 0 Å². The fourth-order valence-corrected chi connectivity index (χ4v) is 4.25. The largest absolute Gasteiger partial charge is 0.507 e. The van der Waals surface area contributed by atoms with Crippen molar-refractivity contribution >= 4 is 23.1 Å². The van der Waals surface area contributed by atoms with Gasteiger partial charge >= 0.3 is 0 Å². The predicted molar refractivity (Wildman–Crippen MR) is 136 cm³/mol. The molecule has 1 aliphatic heterocycles. The molecule has 0 aromatic heterocycles. The average molecular weight is 472 g/mol. The lowest BCUT2D eigenvalue weighted by atomic mass is 9.94. The van der Waals surface area contributed by atoms with Crippen LogP contribution in [0.2, 0.25) is 0 Å². The highest BCUT2D eigenvalue weighted by Gasteiger charge is 2.46. The van der Waals surface area contributed by atoms with E-state index in [0.29, 0.717) is 30.2 Å². The molecule has 1 atom stereocenters. The lowest BCUT2D eigenvalue weighted by molar-refractivity contribution is -0.132. The van der Waals surface area contributed by atoms with E-state index in [4.69, 9.17) is 9.47 Å². The van der Waals surface area contributed by atoms with Crippen molar-refractivity contribution in [2.45, 2.75) is 33.2 Å². The molecule has 35 heavy (non-hydrogen) atoms. The summed E-state index contributed by atoms with van der Waals surface area (Å²) in [6.45, 7) is 6.92. The number of carbonyl (C=O) groups is 2. The van der Waals surface area contributed by atoms with Crippen molar-refractivity contribution in [2.75, 3.05) is 18.1 Å². The fourth-order valence-electron chi connectivity index (χ4n) is 4.25. The number of nitrogens with zero attached hydrogens (tertiary/aromatic N) is 1. The van der Waals surface area contributed by atoms with Crippen molar-refractivity contribution in [2.24, 2.45) is 0 Å². The van der Waals surface area contributed by atoms with Crippen molar-refractivity contribution in [3.8, 4) is 11.5 Å². The number of anilines is 1. The molecular weight excluding hydrogens is 442 g/mol. The van der Waals surface area contributed by atoms with Gasteiger partial charge in [-0.2, -0.15) is 0 Å². The lowest BCUT2D eigenvalue weighted by Crippen LogP contribution is -2.29. The number of aliphatic hydroxyl groups is 1. The van der Waals surface area contributed by atoms with Crippen LogP contribution in [0.25, 0.3) is 5.76 Å². The maximum absolute atomic E-state index is 13.3. The first kappa shape index (κ1) is 24.1. The van der Waals surface area contributed by atoms with Crippen LogP contribution < -0.4 is 14.4 Å². The van der Waals surface area contributed by atoms with Gasteiger partial charge in [0.25, 0.3) is 11.7 Å². The van der Waals surface area contributed by atoms with Crippen LogP contribution in [0.3, 0.4) is 0 Å². The Balaban J connectivity index is 1.82. The Morgan fingerprint density at radius 3 is 2.29 bits per heavy atom. The molecule has 1 N–H and O–H groups in total. The number of hydrogen-bond donors (Lipinski definition) is 1. The number of aryl methyl sites for hydroxylation is 1. The molecular formula is C29H29NO5. The van der Waals surface area contributed by atoms with Gasteiger partial charge in [-0.05, 0) is 73.9 Å². The molecule has 1 aliphatic rings.